The van der Waals surface area contributed by atoms with Crippen molar-refractivity contribution in [3.8, 4) is 0 Å². The van der Waals surface area contributed by atoms with E-state index in [9.17, 15) is 5.11 Å². The number of aliphatic hydroxyl groups is 1. The first kappa shape index (κ1) is 13.1. The molecule has 1 unspecified atom stereocenters. The van der Waals surface area contributed by atoms with E-state index >= 15 is 0 Å². The Morgan fingerprint density at radius 2 is 1.85 bits per heavy atom. The summed E-state index contributed by atoms with van der Waals surface area (Å²) in [7, 11) is 0. The molecule has 0 heterocycles. The average molecular weight is 272 g/mol. The van der Waals surface area contributed by atoms with Crippen LogP contribution in [0.5, 0.6) is 0 Å². The highest BCUT2D eigenvalue weighted by Gasteiger charge is 2.53. The van der Waals surface area contributed by atoms with Crippen LogP contribution >= 0.6 is 0 Å². The summed E-state index contributed by atoms with van der Waals surface area (Å²) in [5.41, 5.74) is 3.79. The summed E-state index contributed by atoms with van der Waals surface area (Å²) in [5.74, 6) is 2.60. The molecule has 4 rings (SSSR count). The van der Waals surface area contributed by atoms with Crippen molar-refractivity contribution in [2.24, 2.45) is 23.2 Å². The highest BCUT2D eigenvalue weighted by Crippen LogP contribution is 2.59. The molecule has 0 aromatic heterocycles. The van der Waals surface area contributed by atoms with Gasteiger partial charge in [0.1, 0.15) is 0 Å². The van der Waals surface area contributed by atoms with E-state index in [0.29, 0.717) is 0 Å². The van der Waals surface area contributed by atoms with Crippen LogP contribution in [0.3, 0.4) is 0 Å². The van der Waals surface area contributed by atoms with E-state index in [1.165, 1.54) is 51.4 Å². The van der Waals surface area contributed by atoms with Crippen LogP contribution < -0.4 is 0 Å². The molecule has 0 saturated heterocycles. The van der Waals surface area contributed by atoms with E-state index in [4.69, 9.17) is 0 Å². The third-order valence-electron chi connectivity index (χ3n) is 7.22. The molecule has 4 aliphatic rings. The second-order valence-corrected chi connectivity index (χ2v) is 8.00. The Hall–Kier alpha value is -0.560. The maximum absolute atomic E-state index is 10.4. The van der Waals surface area contributed by atoms with Gasteiger partial charge in [-0.25, -0.2) is 0 Å². The van der Waals surface area contributed by atoms with Gasteiger partial charge in [-0.05, 0) is 81.0 Å². The molecule has 0 bridgehead atoms. The zero-order chi connectivity index (χ0) is 13.7. The van der Waals surface area contributed by atoms with Crippen molar-refractivity contribution in [2.75, 3.05) is 0 Å². The fourth-order valence-corrected chi connectivity index (χ4v) is 5.93. The number of aliphatic hydroxyl groups excluding tert-OH is 1. The Kier molecular flexibility index (Phi) is 3.10. The molecule has 110 valence electrons. The predicted molar refractivity (Wildman–Crippen MR) is 82.3 cm³/mol. The highest BCUT2D eigenvalue weighted by atomic mass is 16.3. The lowest BCUT2D eigenvalue weighted by Gasteiger charge is -2.47. The molecule has 2 fully saturated rings. The normalized spacial score (nSPS) is 47.5. The summed E-state index contributed by atoms with van der Waals surface area (Å²) >= 11 is 0. The summed E-state index contributed by atoms with van der Waals surface area (Å²) in [4.78, 5) is 0. The maximum atomic E-state index is 10.4. The summed E-state index contributed by atoms with van der Waals surface area (Å²) in [5, 5.41) is 10.4. The minimum absolute atomic E-state index is 0.0269. The van der Waals surface area contributed by atoms with E-state index < -0.39 is 0 Å². The van der Waals surface area contributed by atoms with Crippen LogP contribution in [0.15, 0.2) is 23.3 Å². The van der Waals surface area contributed by atoms with Gasteiger partial charge in [0.2, 0.25) is 0 Å². The van der Waals surface area contributed by atoms with Gasteiger partial charge in [0.25, 0.3) is 0 Å². The molecule has 1 nitrogen and oxygen atoms in total. The zero-order valence-corrected chi connectivity index (χ0v) is 12.8. The first-order valence-corrected chi connectivity index (χ1v) is 8.71. The standard InChI is InChI=1S/C19H28O/c1-19-11-10-15-12-14-5-3-2-4-13(14)6-7-16(15)17(19)8-9-18(19)20/h2-3,15-18,20H,4-12H2,1H3/t15-,16-,17+,18?,19+/m1/s1. The minimum Gasteiger partial charge on any atom is -0.393 e. The molecule has 1 N–H and O–H groups in total. The Morgan fingerprint density at radius 1 is 1.05 bits per heavy atom. The fourth-order valence-electron chi connectivity index (χ4n) is 5.93. The summed E-state index contributed by atoms with van der Waals surface area (Å²) < 4.78 is 0. The smallest absolute Gasteiger partial charge is 0.0596 e. The van der Waals surface area contributed by atoms with Gasteiger partial charge in [-0.15, -0.1) is 0 Å². The van der Waals surface area contributed by atoms with Gasteiger partial charge in [0.15, 0.2) is 0 Å². The number of fused-ring (bicyclic) bond motifs is 3. The second kappa shape index (κ2) is 4.73. The second-order valence-electron chi connectivity index (χ2n) is 8.00. The number of hydrogen-bond donors (Lipinski definition) is 1. The Bertz CT molecular complexity index is 460. The van der Waals surface area contributed by atoms with Gasteiger partial charge in [-0.1, -0.05) is 30.2 Å². The molecule has 5 atom stereocenters. The summed E-state index contributed by atoms with van der Waals surface area (Å²) in [6, 6.07) is 0. The number of hydrogen-bond acceptors (Lipinski definition) is 1. The molecule has 0 aromatic carbocycles. The zero-order valence-electron chi connectivity index (χ0n) is 12.8. The van der Waals surface area contributed by atoms with Crippen LogP contribution in [0.2, 0.25) is 0 Å². The van der Waals surface area contributed by atoms with E-state index in [-0.39, 0.29) is 11.5 Å². The van der Waals surface area contributed by atoms with Crippen molar-refractivity contribution in [3.05, 3.63) is 23.3 Å². The van der Waals surface area contributed by atoms with E-state index in [2.05, 4.69) is 19.1 Å². The minimum atomic E-state index is -0.0269. The van der Waals surface area contributed by atoms with Gasteiger partial charge < -0.3 is 5.11 Å². The van der Waals surface area contributed by atoms with Crippen LogP contribution in [-0.2, 0) is 0 Å². The molecule has 0 amide bonds. The topological polar surface area (TPSA) is 20.2 Å². The molecular formula is C19H28O. The van der Waals surface area contributed by atoms with Crippen LogP contribution in [0.25, 0.3) is 0 Å². The fraction of sp³-hybridized carbons (Fsp3) is 0.789. The molecule has 4 aliphatic carbocycles. The Labute approximate surface area is 123 Å². The molecule has 1 heteroatoms. The van der Waals surface area contributed by atoms with Crippen molar-refractivity contribution in [3.63, 3.8) is 0 Å². The van der Waals surface area contributed by atoms with Gasteiger partial charge in [-0.3, -0.25) is 0 Å². The maximum Gasteiger partial charge on any atom is 0.0596 e. The molecule has 2 saturated carbocycles. The molecule has 0 aromatic rings. The molecule has 0 spiro atoms. The van der Waals surface area contributed by atoms with Crippen LogP contribution in [0.4, 0.5) is 0 Å². The van der Waals surface area contributed by atoms with Crippen molar-refractivity contribution in [2.45, 2.75) is 70.8 Å². The summed E-state index contributed by atoms with van der Waals surface area (Å²) in [6.07, 6.45) is 16.2. The third kappa shape index (κ3) is 1.85. The molecule has 20 heavy (non-hydrogen) atoms. The van der Waals surface area contributed by atoms with Crippen LogP contribution in [0.1, 0.15) is 64.7 Å². The van der Waals surface area contributed by atoms with Crippen molar-refractivity contribution in [1.29, 1.82) is 0 Å². The van der Waals surface area contributed by atoms with Crippen molar-refractivity contribution < 1.29 is 5.11 Å². The van der Waals surface area contributed by atoms with Gasteiger partial charge in [0.05, 0.1) is 6.10 Å². The number of rotatable bonds is 0. The van der Waals surface area contributed by atoms with Crippen LogP contribution in [-0.4, -0.2) is 11.2 Å². The van der Waals surface area contributed by atoms with Gasteiger partial charge >= 0.3 is 0 Å². The first-order chi connectivity index (χ1) is 9.68. The first-order valence-electron chi connectivity index (χ1n) is 8.71. The van der Waals surface area contributed by atoms with Crippen molar-refractivity contribution >= 4 is 0 Å². The Morgan fingerprint density at radius 3 is 2.70 bits per heavy atom. The highest BCUT2D eigenvalue weighted by molar-refractivity contribution is 5.26. The van der Waals surface area contributed by atoms with Crippen LogP contribution in [0, 0.1) is 23.2 Å². The Balaban J connectivity index is 1.59. The third-order valence-corrected chi connectivity index (χ3v) is 7.22. The van der Waals surface area contributed by atoms with E-state index in [0.717, 1.165) is 24.2 Å². The number of allylic oxidation sites excluding steroid dienone is 4. The lowest BCUT2D eigenvalue weighted by atomic mass is 9.58. The molecule has 0 aliphatic heterocycles. The average Bonchev–Trinajstić information content (AvgIpc) is 2.66. The monoisotopic (exact) mass is 272 g/mol. The predicted octanol–water partition coefficient (Wildman–Crippen LogP) is 4.62. The van der Waals surface area contributed by atoms with Gasteiger partial charge in [-0.2, -0.15) is 0 Å². The van der Waals surface area contributed by atoms with Crippen molar-refractivity contribution in [1.82, 2.24) is 0 Å². The van der Waals surface area contributed by atoms with Gasteiger partial charge in [0, 0.05) is 0 Å². The lowest BCUT2D eigenvalue weighted by Crippen LogP contribution is -2.43. The quantitative estimate of drug-likeness (QED) is 0.638. The molecular weight excluding hydrogens is 244 g/mol. The molecule has 0 radical (unpaired) electrons. The van der Waals surface area contributed by atoms with E-state index in [1.54, 1.807) is 11.1 Å². The van der Waals surface area contributed by atoms with E-state index in [1.807, 2.05) is 0 Å². The largest absolute Gasteiger partial charge is 0.393 e. The summed E-state index contributed by atoms with van der Waals surface area (Å²) in [6.45, 7) is 2.38. The SMILES string of the molecule is C[C@]12CC[C@@H]3CC4=C(CC=CC4)CC[C@H]3[C@@H]1CCC2O. The lowest BCUT2D eigenvalue weighted by molar-refractivity contribution is -0.0339.